The molecule has 0 saturated heterocycles. The van der Waals surface area contributed by atoms with Crippen LogP contribution in [0.3, 0.4) is 0 Å². The van der Waals surface area contributed by atoms with Crippen LogP contribution in [0, 0.1) is 0 Å². The Morgan fingerprint density at radius 2 is 1.03 bits per heavy atom. The van der Waals surface area contributed by atoms with Crippen LogP contribution >= 0.6 is 19.3 Å². The number of hydrogen-bond donors (Lipinski definition) is 0. The van der Waals surface area contributed by atoms with Gasteiger partial charge >= 0.3 is 0 Å². The quantitative estimate of drug-likeness (QED) is 0.217. The second-order valence-electron chi connectivity index (χ2n) is 9.49. The zero-order valence-electron chi connectivity index (χ0n) is 19.5. The van der Waals surface area contributed by atoms with Crippen LogP contribution in [-0.2, 0) is 0 Å². The van der Waals surface area contributed by atoms with Crippen molar-refractivity contribution < 1.29 is 0 Å². The monoisotopic (exact) mass is 493 g/mol. The Kier molecular flexibility index (Phi) is 4.46. The van der Waals surface area contributed by atoms with Crippen LogP contribution in [0.2, 0.25) is 0 Å². The summed E-state index contributed by atoms with van der Waals surface area (Å²) in [5, 5.41) is 9.89. The SMILES string of the molecule is c1ccc([PH+](c2ccccc2)c2ccc3sc4cc5c6c(cccc6c4c3c2)-c2ccccc2-5)cc1. The van der Waals surface area contributed by atoms with Gasteiger partial charge in [0, 0.05) is 20.2 Å². The average Bonchev–Trinajstić information content (AvgIpc) is 3.47. The molecule has 0 amide bonds. The lowest BCUT2D eigenvalue weighted by Crippen LogP contribution is -2.20. The standard InChI is InChI=1S/C34H21PS/c1-3-10-22(11-4-1)35(23-12-5-2-6-13-23)24-18-19-31-30(20-24)34-28-17-9-16-27-25-14-7-8-15-26(25)29(33(27)28)21-32(34)36-31/h1-21H/p+1. The van der Waals surface area contributed by atoms with Gasteiger partial charge in [-0.3, -0.25) is 0 Å². The molecule has 7 aromatic rings. The van der Waals surface area contributed by atoms with E-state index in [0.717, 1.165) is 0 Å². The highest BCUT2D eigenvalue weighted by molar-refractivity contribution is 7.79. The molecule has 0 aliphatic heterocycles. The lowest BCUT2D eigenvalue weighted by molar-refractivity contribution is 1.70. The number of thiophene rings is 1. The van der Waals surface area contributed by atoms with Crippen molar-refractivity contribution >= 4 is 66.1 Å². The average molecular weight is 494 g/mol. The van der Waals surface area contributed by atoms with Gasteiger partial charge in [-0.2, -0.15) is 0 Å². The van der Waals surface area contributed by atoms with E-state index in [1.807, 2.05) is 11.3 Å². The molecule has 0 N–H and O–H groups in total. The van der Waals surface area contributed by atoms with Gasteiger partial charge in [-0.05, 0) is 81.6 Å². The maximum atomic E-state index is 2.50. The summed E-state index contributed by atoms with van der Waals surface area (Å²) in [5.41, 5.74) is 5.48. The van der Waals surface area contributed by atoms with E-state index >= 15 is 0 Å². The minimum Gasteiger partial charge on any atom is -0.135 e. The lowest BCUT2D eigenvalue weighted by atomic mass is 9.98. The molecule has 0 fully saturated rings. The molecule has 1 heterocycles. The minimum atomic E-state index is -1.11. The van der Waals surface area contributed by atoms with Gasteiger partial charge in [0.05, 0.1) is 7.92 Å². The fraction of sp³-hybridized carbons (Fsp3) is 0. The first kappa shape index (κ1) is 20.4. The van der Waals surface area contributed by atoms with Gasteiger partial charge in [-0.15, -0.1) is 11.3 Å². The summed E-state index contributed by atoms with van der Waals surface area (Å²) < 4.78 is 2.75. The van der Waals surface area contributed by atoms with Gasteiger partial charge in [0.2, 0.25) is 0 Å². The molecule has 0 saturated carbocycles. The van der Waals surface area contributed by atoms with E-state index < -0.39 is 7.92 Å². The van der Waals surface area contributed by atoms with E-state index in [0.29, 0.717) is 0 Å². The molecule has 0 unspecified atom stereocenters. The minimum absolute atomic E-state index is 1.11. The molecule has 8 rings (SSSR count). The zero-order chi connectivity index (χ0) is 23.6. The maximum absolute atomic E-state index is 2.50. The first-order valence-electron chi connectivity index (χ1n) is 12.4. The summed E-state index contributed by atoms with van der Waals surface area (Å²) in [6, 6.07) is 47.5. The fourth-order valence-electron chi connectivity index (χ4n) is 6.00. The predicted octanol–water partition coefficient (Wildman–Crippen LogP) is 8.35. The van der Waals surface area contributed by atoms with Crippen LogP contribution in [0.25, 0.3) is 53.2 Å². The number of fused-ring (bicyclic) bond motifs is 7. The van der Waals surface area contributed by atoms with Crippen LogP contribution in [-0.4, -0.2) is 0 Å². The second-order valence-corrected chi connectivity index (χ2v) is 13.1. The van der Waals surface area contributed by atoms with Crippen LogP contribution in [0.15, 0.2) is 127 Å². The summed E-state index contributed by atoms with van der Waals surface area (Å²) in [5.74, 6) is 0. The van der Waals surface area contributed by atoms with Gasteiger partial charge in [-0.25, -0.2) is 0 Å². The van der Waals surface area contributed by atoms with Crippen LogP contribution in [0.4, 0.5) is 0 Å². The van der Waals surface area contributed by atoms with E-state index in [2.05, 4.69) is 127 Å². The van der Waals surface area contributed by atoms with Crippen molar-refractivity contribution in [1.29, 1.82) is 0 Å². The molecule has 168 valence electrons. The molecule has 0 radical (unpaired) electrons. The van der Waals surface area contributed by atoms with E-state index in [1.54, 1.807) is 0 Å². The van der Waals surface area contributed by atoms with E-state index in [-0.39, 0.29) is 0 Å². The summed E-state index contributed by atoms with van der Waals surface area (Å²) in [4.78, 5) is 0. The molecule has 1 aromatic heterocycles. The van der Waals surface area contributed by atoms with Crippen molar-refractivity contribution in [3.05, 3.63) is 127 Å². The second kappa shape index (κ2) is 7.87. The van der Waals surface area contributed by atoms with E-state index in [4.69, 9.17) is 0 Å². The highest BCUT2D eigenvalue weighted by Gasteiger charge is 2.27. The summed E-state index contributed by atoms with van der Waals surface area (Å²) in [6.07, 6.45) is 0. The van der Waals surface area contributed by atoms with Crippen molar-refractivity contribution in [2.45, 2.75) is 0 Å². The molecule has 0 atom stereocenters. The maximum Gasteiger partial charge on any atom is 0.103 e. The lowest BCUT2D eigenvalue weighted by Gasteiger charge is -2.11. The smallest absolute Gasteiger partial charge is 0.103 e. The Morgan fingerprint density at radius 1 is 0.389 bits per heavy atom. The van der Waals surface area contributed by atoms with Crippen LogP contribution in [0.1, 0.15) is 0 Å². The van der Waals surface area contributed by atoms with Crippen molar-refractivity contribution in [2.75, 3.05) is 0 Å². The highest BCUT2D eigenvalue weighted by Crippen LogP contribution is 2.51. The van der Waals surface area contributed by atoms with E-state index in [9.17, 15) is 0 Å². The van der Waals surface area contributed by atoms with Crippen molar-refractivity contribution in [3.63, 3.8) is 0 Å². The Hall–Kier alpha value is -3.77. The third-order valence-electron chi connectivity index (χ3n) is 7.51. The molecule has 1 aliphatic rings. The van der Waals surface area contributed by atoms with Gasteiger partial charge in [0.1, 0.15) is 15.9 Å². The van der Waals surface area contributed by atoms with Crippen molar-refractivity contribution in [3.8, 4) is 22.3 Å². The van der Waals surface area contributed by atoms with Gasteiger partial charge in [0.25, 0.3) is 0 Å². The van der Waals surface area contributed by atoms with Crippen LogP contribution in [0.5, 0.6) is 0 Å². The third-order valence-corrected chi connectivity index (χ3v) is 11.3. The molecule has 2 heteroatoms. The molecule has 0 bridgehead atoms. The molecule has 0 nitrogen and oxygen atoms in total. The molecule has 0 spiro atoms. The van der Waals surface area contributed by atoms with Gasteiger partial charge in [-0.1, -0.05) is 78.9 Å². The molecular weight excluding hydrogens is 471 g/mol. The molecule has 6 aromatic carbocycles. The Morgan fingerprint density at radius 3 is 1.75 bits per heavy atom. The summed E-state index contributed by atoms with van der Waals surface area (Å²) in [7, 11) is -1.11. The van der Waals surface area contributed by atoms with Gasteiger partial charge < -0.3 is 0 Å². The molecule has 1 aliphatic carbocycles. The largest absolute Gasteiger partial charge is 0.135 e. The number of benzene rings is 6. The third kappa shape index (κ3) is 2.91. The fourth-order valence-corrected chi connectivity index (χ4v) is 9.74. The van der Waals surface area contributed by atoms with Crippen LogP contribution < -0.4 is 15.9 Å². The molecule has 36 heavy (non-hydrogen) atoms. The topological polar surface area (TPSA) is 0 Å². The Balaban J connectivity index is 1.43. The Labute approximate surface area is 215 Å². The summed E-state index contributed by atoms with van der Waals surface area (Å²) >= 11 is 1.93. The highest BCUT2D eigenvalue weighted by atomic mass is 32.1. The van der Waals surface area contributed by atoms with Crippen molar-refractivity contribution in [2.24, 2.45) is 0 Å². The van der Waals surface area contributed by atoms with Crippen molar-refractivity contribution in [1.82, 2.24) is 0 Å². The molecular formula is C34H22PS+. The predicted molar refractivity (Wildman–Crippen MR) is 161 cm³/mol. The van der Waals surface area contributed by atoms with E-state index in [1.165, 1.54) is 69.1 Å². The first-order chi connectivity index (χ1) is 17.9. The number of rotatable bonds is 3. The summed E-state index contributed by atoms with van der Waals surface area (Å²) in [6.45, 7) is 0. The normalized spacial score (nSPS) is 12.1. The first-order valence-corrected chi connectivity index (χ1v) is 14.7. The number of hydrogen-bond acceptors (Lipinski definition) is 1. The van der Waals surface area contributed by atoms with Gasteiger partial charge in [0.15, 0.2) is 0 Å². The Bertz CT molecular complexity index is 1890. The zero-order valence-corrected chi connectivity index (χ0v) is 21.3.